The average molecular weight is 261 g/mol. The molecule has 3 heteroatoms. The summed E-state index contributed by atoms with van der Waals surface area (Å²) in [7, 11) is 1.99. The molecule has 0 amide bonds. The lowest BCUT2D eigenvalue weighted by molar-refractivity contribution is 0.583. The molecule has 0 spiro atoms. The predicted octanol–water partition coefficient (Wildman–Crippen LogP) is 3.31. The van der Waals surface area contributed by atoms with Gasteiger partial charge in [-0.1, -0.05) is 33.6 Å². The molecule has 0 bridgehead atoms. The van der Waals surface area contributed by atoms with E-state index in [4.69, 9.17) is 11.6 Å². The van der Waals surface area contributed by atoms with Gasteiger partial charge in [0.2, 0.25) is 0 Å². The first-order chi connectivity index (χ1) is 6.19. The van der Waals surface area contributed by atoms with Crippen LogP contribution in [0.15, 0.2) is 22.7 Å². The van der Waals surface area contributed by atoms with Crippen LogP contribution in [0.5, 0.6) is 0 Å². The van der Waals surface area contributed by atoms with Crippen molar-refractivity contribution in [2.75, 3.05) is 7.05 Å². The summed E-state index contributed by atoms with van der Waals surface area (Å²) in [6.45, 7) is 0. The molecular weight excluding hydrogens is 249 g/mol. The van der Waals surface area contributed by atoms with E-state index in [0.717, 1.165) is 9.50 Å². The van der Waals surface area contributed by atoms with Crippen LogP contribution < -0.4 is 5.32 Å². The Morgan fingerprint density at radius 3 is 2.62 bits per heavy atom. The summed E-state index contributed by atoms with van der Waals surface area (Å²) >= 11 is 9.70. The second kappa shape index (κ2) is 3.26. The summed E-state index contributed by atoms with van der Waals surface area (Å²) in [5.41, 5.74) is 1.34. The van der Waals surface area contributed by atoms with Crippen molar-refractivity contribution in [2.24, 2.45) is 0 Å². The zero-order valence-corrected chi connectivity index (χ0v) is 9.74. The molecule has 1 aliphatic rings. The van der Waals surface area contributed by atoms with Gasteiger partial charge in [0.05, 0.1) is 0 Å². The van der Waals surface area contributed by atoms with Crippen molar-refractivity contribution in [2.45, 2.75) is 18.4 Å². The van der Waals surface area contributed by atoms with Gasteiger partial charge in [0.15, 0.2) is 0 Å². The lowest BCUT2D eigenvalue weighted by atomic mass is 10.1. The molecule has 0 saturated heterocycles. The highest BCUT2D eigenvalue weighted by Crippen LogP contribution is 2.50. The van der Waals surface area contributed by atoms with Crippen LogP contribution in [0.4, 0.5) is 0 Å². The van der Waals surface area contributed by atoms with Crippen LogP contribution >= 0.6 is 27.5 Å². The Morgan fingerprint density at radius 1 is 1.46 bits per heavy atom. The molecule has 0 atom stereocenters. The van der Waals surface area contributed by atoms with Crippen molar-refractivity contribution in [1.82, 2.24) is 5.32 Å². The fourth-order valence-electron chi connectivity index (χ4n) is 1.70. The van der Waals surface area contributed by atoms with E-state index in [9.17, 15) is 0 Å². The first-order valence-electron chi connectivity index (χ1n) is 4.33. The third-order valence-electron chi connectivity index (χ3n) is 2.67. The molecule has 0 unspecified atom stereocenters. The summed E-state index contributed by atoms with van der Waals surface area (Å²) in [5, 5.41) is 4.18. The van der Waals surface area contributed by atoms with E-state index in [1.807, 2.05) is 25.2 Å². The summed E-state index contributed by atoms with van der Waals surface area (Å²) in [4.78, 5) is 0. The van der Waals surface area contributed by atoms with Crippen LogP contribution in [0.3, 0.4) is 0 Å². The van der Waals surface area contributed by atoms with Crippen LogP contribution in [0, 0.1) is 0 Å². The second-order valence-corrected chi connectivity index (χ2v) is 4.69. The zero-order chi connectivity index (χ0) is 9.47. The quantitative estimate of drug-likeness (QED) is 0.860. The molecule has 1 saturated carbocycles. The predicted molar refractivity (Wildman–Crippen MR) is 59.1 cm³/mol. The van der Waals surface area contributed by atoms with Crippen LogP contribution in [-0.4, -0.2) is 7.05 Å². The lowest BCUT2D eigenvalue weighted by Crippen LogP contribution is -2.25. The summed E-state index contributed by atoms with van der Waals surface area (Å²) in [5.74, 6) is 0. The van der Waals surface area contributed by atoms with Crippen molar-refractivity contribution in [3.63, 3.8) is 0 Å². The summed E-state index contributed by atoms with van der Waals surface area (Å²) in [6, 6.07) is 5.94. The SMILES string of the molecule is CNC1(c2c(Cl)cccc2Br)CC1. The van der Waals surface area contributed by atoms with Crippen LogP contribution in [0.25, 0.3) is 0 Å². The maximum Gasteiger partial charge on any atom is 0.0467 e. The van der Waals surface area contributed by atoms with Gasteiger partial charge >= 0.3 is 0 Å². The molecule has 1 aliphatic carbocycles. The van der Waals surface area contributed by atoms with Crippen molar-refractivity contribution in [1.29, 1.82) is 0 Å². The first kappa shape index (κ1) is 9.50. The van der Waals surface area contributed by atoms with E-state index in [0.29, 0.717) is 0 Å². The molecular formula is C10H11BrClN. The van der Waals surface area contributed by atoms with Crippen molar-refractivity contribution in [3.8, 4) is 0 Å². The smallest absolute Gasteiger partial charge is 0.0467 e. The van der Waals surface area contributed by atoms with Crippen LogP contribution in [0.2, 0.25) is 5.02 Å². The number of hydrogen-bond acceptors (Lipinski definition) is 1. The van der Waals surface area contributed by atoms with E-state index in [2.05, 4.69) is 21.2 Å². The van der Waals surface area contributed by atoms with E-state index < -0.39 is 0 Å². The number of benzene rings is 1. The molecule has 13 heavy (non-hydrogen) atoms. The molecule has 1 aromatic rings. The van der Waals surface area contributed by atoms with Gasteiger partial charge in [0.1, 0.15) is 0 Å². The standard InChI is InChI=1S/C10H11BrClN/c1-13-10(5-6-10)9-7(11)3-2-4-8(9)12/h2-4,13H,5-6H2,1H3. The van der Waals surface area contributed by atoms with Gasteiger partial charge in [-0.2, -0.15) is 0 Å². The van der Waals surface area contributed by atoms with Crippen LogP contribution in [0.1, 0.15) is 18.4 Å². The van der Waals surface area contributed by atoms with E-state index in [1.165, 1.54) is 18.4 Å². The van der Waals surface area contributed by atoms with Crippen molar-refractivity contribution >= 4 is 27.5 Å². The normalized spacial score (nSPS) is 18.7. The topological polar surface area (TPSA) is 12.0 Å². The third-order valence-corrected chi connectivity index (χ3v) is 3.65. The highest BCUT2D eigenvalue weighted by Gasteiger charge is 2.45. The van der Waals surface area contributed by atoms with Gasteiger partial charge in [-0.15, -0.1) is 0 Å². The van der Waals surface area contributed by atoms with Crippen LogP contribution in [-0.2, 0) is 5.54 Å². The number of nitrogens with one attached hydrogen (secondary N) is 1. The van der Waals surface area contributed by atoms with E-state index in [-0.39, 0.29) is 5.54 Å². The fourth-order valence-corrected chi connectivity index (χ4v) is 2.92. The minimum absolute atomic E-state index is 0.136. The Bertz CT molecular complexity index is 313. The molecule has 1 N–H and O–H groups in total. The highest BCUT2D eigenvalue weighted by molar-refractivity contribution is 9.10. The van der Waals surface area contributed by atoms with Gasteiger partial charge in [-0.25, -0.2) is 0 Å². The summed E-state index contributed by atoms with van der Waals surface area (Å²) in [6.07, 6.45) is 2.34. The van der Waals surface area contributed by atoms with Crippen molar-refractivity contribution < 1.29 is 0 Å². The number of halogens is 2. The maximum absolute atomic E-state index is 6.16. The minimum atomic E-state index is 0.136. The maximum atomic E-state index is 6.16. The molecule has 1 fully saturated rings. The molecule has 1 aromatic carbocycles. The van der Waals surface area contributed by atoms with Crippen molar-refractivity contribution in [3.05, 3.63) is 33.3 Å². The Balaban J connectivity index is 2.50. The third kappa shape index (κ3) is 1.51. The molecule has 2 rings (SSSR count). The molecule has 0 radical (unpaired) electrons. The number of hydrogen-bond donors (Lipinski definition) is 1. The van der Waals surface area contributed by atoms with Gasteiger partial charge < -0.3 is 5.32 Å². The lowest BCUT2D eigenvalue weighted by Gasteiger charge is -2.17. The van der Waals surface area contributed by atoms with E-state index >= 15 is 0 Å². The van der Waals surface area contributed by atoms with E-state index in [1.54, 1.807) is 0 Å². The Hall–Kier alpha value is -0.0500. The summed E-state index contributed by atoms with van der Waals surface area (Å²) < 4.78 is 1.10. The molecule has 1 nitrogen and oxygen atoms in total. The minimum Gasteiger partial charge on any atom is -0.310 e. The molecule has 0 aromatic heterocycles. The van der Waals surface area contributed by atoms with Gasteiger partial charge in [0.25, 0.3) is 0 Å². The van der Waals surface area contributed by atoms with Gasteiger partial charge in [-0.3, -0.25) is 0 Å². The first-order valence-corrected chi connectivity index (χ1v) is 5.50. The van der Waals surface area contributed by atoms with Gasteiger partial charge in [0, 0.05) is 20.6 Å². The average Bonchev–Trinajstić information content (AvgIpc) is 2.85. The largest absolute Gasteiger partial charge is 0.310 e. The van der Waals surface area contributed by atoms with Gasteiger partial charge in [-0.05, 0) is 32.0 Å². The zero-order valence-electron chi connectivity index (χ0n) is 7.40. The molecule has 0 heterocycles. The monoisotopic (exact) mass is 259 g/mol. The Kier molecular flexibility index (Phi) is 2.39. The second-order valence-electron chi connectivity index (χ2n) is 3.43. The Morgan fingerprint density at radius 2 is 2.15 bits per heavy atom. The number of rotatable bonds is 2. The fraction of sp³-hybridized carbons (Fsp3) is 0.400. The molecule has 0 aliphatic heterocycles. The Labute approximate surface area is 91.6 Å². The molecule has 70 valence electrons. The highest BCUT2D eigenvalue weighted by atomic mass is 79.9.